The van der Waals surface area contributed by atoms with Gasteiger partial charge in [0.25, 0.3) is 5.91 Å². The molecule has 2 aromatic carbocycles. The number of anilines is 1. The van der Waals surface area contributed by atoms with E-state index in [0.717, 1.165) is 11.3 Å². The number of hydrogen-bond acceptors (Lipinski definition) is 3. The summed E-state index contributed by atoms with van der Waals surface area (Å²) in [6.45, 7) is 3.84. The van der Waals surface area contributed by atoms with Crippen molar-refractivity contribution in [3.63, 3.8) is 0 Å². The number of β-lactam (4-membered cyclic amide) rings is 1. The van der Waals surface area contributed by atoms with Gasteiger partial charge in [0.05, 0.1) is 13.2 Å². The molecule has 4 nitrogen and oxygen atoms in total. The van der Waals surface area contributed by atoms with Crippen LogP contribution in [0.25, 0.3) is 0 Å². The van der Waals surface area contributed by atoms with Crippen molar-refractivity contribution >= 4 is 11.6 Å². The molecule has 1 amide bonds. The van der Waals surface area contributed by atoms with Crippen molar-refractivity contribution in [3.8, 4) is 11.5 Å². The number of carbonyl (C=O) groups is 1. The van der Waals surface area contributed by atoms with E-state index in [1.54, 1.807) is 17.0 Å². The highest BCUT2D eigenvalue weighted by molar-refractivity contribution is 6.15. The Kier molecular flexibility index (Phi) is 3.14. The largest absolute Gasteiger partial charge is 0.504 e. The molecule has 0 aromatic heterocycles. The summed E-state index contributed by atoms with van der Waals surface area (Å²) in [5.41, 5.74) is 2.14. The number of nitrogens with zero attached hydrogens (tertiary/aromatic N) is 1. The molecule has 1 N–H and O–H groups in total. The van der Waals surface area contributed by atoms with Crippen LogP contribution >= 0.6 is 0 Å². The Morgan fingerprint density at radius 2 is 1.90 bits per heavy atom. The standard InChI is InChI=1S/C17H15NO3/c1-11-16(12-8-9-15(21-2)14(19)10-12)18(17(11)20)13-6-4-3-5-7-13/h3-10,16,19H,1H2,2H3/t16-/m1/s1. The first kappa shape index (κ1) is 13.2. The summed E-state index contributed by atoms with van der Waals surface area (Å²) in [5, 5.41) is 9.91. The van der Waals surface area contributed by atoms with Gasteiger partial charge in [0.15, 0.2) is 11.5 Å². The van der Waals surface area contributed by atoms with Gasteiger partial charge in [-0.2, -0.15) is 0 Å². The quantitative estimate of drug-likeness (QED) is 0.695. The van der Waals surface area contributed by atoms with Gasteiger partial charge in [-0.05, 0) is 29.8 Å². The zero-order valence-corrected chi connectivity index (χ0v) is 11.6. The summed E-state index contributed by atoms with van der Waals surface area (Å²) in [4.78, 5) is 13.8. The van der Waals surface area contributed by atoms with E-state index in [9.17, 15) is 9.90 Å². The van der Waals surface area contributed by atoms with Crippen molar-refractivity contribution in [1.29, 1.82) is 0 Å². The van der Waals surface area contributed by atoms with Crippen LogP contribution in [-0.4, -0.2) is 18.1 Å². The fraction of sp³-hybridized carbons (Fsp3) is 0.118. The molecule has 0 spiro atoms. The van der Waals surface area contributed by atoms with Crippen LogP contribution in [0.15, 0.2) is 60.7 Å². The Morgan fingerprint density at radius 1 is 1.19 bits per heavy atom. The molecule has 0 radical (unpaired) electrons. The first-order chi connectivity index (χ1) is 10.1. The van der Waals surface area contributed by atoms with Crippen molar-refractivity contribution < 1.29 is 14.6 Å². The van der Waals surface area contributed by atoms with Crippen LogP contribution in [-0.2, 0) is 4.79 Å². The van der Waals surface area contributed by atoms with Gasteiger partial charge in [-0.3, -0.25) is 9.69 Å². The molecule has 0 unspecified atom stereocenters. The van der Waals surface area contributed by atoms with Crippen molar-refractivity contribution in [2.24, 2.45) is 0 Å². The topological polar surface area (TPSA) is 49.8 Å². The molecule has 0 bridgehead atoms. The lowest BCUT2D eigenvalue weighted by Crippen LogP contribution is -2.48. The average molecular weight is 281 g/mol. The van der Waals surface area contributed by atoms with Crippen LogP contribution in [0, 0.1) is 0 Å². The third-order valence-electron chi connectivity index (χ3n) is 3.63. The zero-order valence-electron chi connectivity index (χ0n) is 11.6. The Balaban J connectivity index is 1.99. The molecular formula is C17H15NO3. The summed E-state index contributed by atoms with van der Waals surface area (Å²) >= 11 is 0. The number of benzene rings is 2. The lowest BCUT2D eigenvalue weighted by Gasteiger charge is -2.42. The lowest BCUT2D eigenvalue weighted by molar-refractivity contribution is -0.118. The lowest BCUT2D eigenvalue weighted by atomic mass is 9.88. The van der Waals surface area contributed by atoms with Crippen molar-refractivity contribution in [2.75, 3.05) is 12.0 Å². The van der Waals surface area contributed by atoms with Crippen molar-refractivity contribution in [3.05, 3.63) is 66.2 Å². The number of amides is 1. The van der Waals surface area contributed by atoms with E-state index < -0.39 is 0 Å². The fourth-order valence-electron chi connectivity index (χ4n) is 2.56. The van der Waals surface area contributed by atoms with Gasteiger partial charge >= 0.3 is 0 Å². The fourth-order valence-corrected chi connectivity index (χ4v) is 2.56. The minimum atomic E-state index is -0.253. The van der Waals surface area contributed by atoms with Gasteiger partial charge in [0, 0.05) is 11.3 Å². The highest BCUT2D eigenvalue weighted by atomic mass is 16.5. The molecule has 1 heterocycles. The Hall–Kier alpha value is -2.75. The van der Waals surface area contributed by atoms with Gasteiger partial charge in [-0.1, -0.05) is 30.8 Å². The number of phenols is 1. The van der Waals surface area contributed by atoms with Crippen molar-refractivity contribution in [2.45, 2.75) is 6.04 Å². The van der Waals surface area contributed by atoms with Gasteiger partial charge < -0.3 is 9.84 Å². The molecular weight excluding hydrogens is 266 g/mol. The zero-order chi connectivity index (χ0) is 15.0. The van der Waals surface area contributed by atoms with Crippen LogP contribution in [0.4, 0.5) is 5.69 Å². The summed E-state index contributed by atoms with van der Waals surface area (Å²) in [5.74, 6) is 0.359. The number of ether oxygens (including phenoxy) is 1. The van der Waals surface area contributed by atoms with Gasteiger partial charge in [-0.15, -0.1) is 0 Å². The summed E-state index contributed by atoms with van der Waals surface area (Å²) in [6.07, 6.45) is 0. The third kappa shape index (κ3) is 2.05. The molecule has 21 heavy (non-hydrogen) atoms. The number of aromatic hydroxyl groups is 1. The predicted molar refractivity (Wildman–Crippen MR) is 80.5 cm³/mol. The second-order valence-corrected chi connectivity index (χ2v) is 4.87. The number of phenolic OH excluding ortho intramolecular Hbond substituents is 1. The molecule has 1 aliphatic heterocycles. The average Bonchev–Trinajstić information content (AvgIpc) is 2.52. The SMILES string of the molecule is C=C1C(=O)N(c2ccccc2)[C@H]1c1ccc(OC)c(O)c1. The first-order valence-corrected chi connectivity index (χ1v) is 6.58. The Labute approximate surface area is 122 Å². The van der Waals surface area contributed by atoms with Gasteiger partial charge in [-0.25, -0.2) is 0 Å². The number of carbonyl (C=O) groups excluding carboxylic acids is 1. The molecule has 1 saturated heterocycles. The van der Waals surface area contributed by atoms with E-state index in [4.69, 9.17) is 4.74 Å². The maximum Gasteiger partial charge on any atom is 0.256 e. The third-order valence-corrected chi connectivity index (χ3v) is 3.63. The second-order valence-electron chi connectivity index (χ2n) is 4.87. The Morgan fingerprint density at radius 3 is 2.52 bits per heavy atom. The van der Waals surface area contributed by atoms with E-state index in [2.05, 4.69) is 6.58 Å². The summed E-state index contributed by atoms with van der Waals surface area (Å²) in [6, 6.07) is 14.3. The molecule has 3 rings (SSSR count). The van der Waals surface area contributed by atoms with E-state index in [1.807, 2.05) is 36.4 Å². The van der Waals surface area contributed by atoms with Crippen LogP contribution in [0.3, 0.4) is 0 Å². The maximum atomic E-state index is 12.1. The second kappa shape index (κ2) is 4.98. The van der Waals surface area contributed by atoms with Crippen LogP contribution in [0.1, 0.15) is 11.6 Å². The molecule has 1 aliphatic rings. The summed E-state index contributed by atoms with van der Waals surface area (Å²) < 4.78 is 5.04. The first-order valence-electron chi connectivity index (χ1n) is 6.58. The van der Waals surface area contributed by atoms with E-state index >= 15 is 0 Å². The van der Waals surface area contributed by atoms with Crippen LogP contribution in [0.5, 0.6) is 11.5 Å². The van der Waals surface area contributed by atoms with E-state index in [0.29, 0.717) is 11.3 Å². The monoisotopic (exact) mass is 281 g/mol. The Bertz CT molecular complexity index is 709. The maximum absolute atomic E-state index is 12.1. The number of methoxy groups -OCH3 is 1. The molecule has 4 heteroatoms. The van der Waals surface area contributed by atoms with Crippen LogP contribution in [0.2, 0.25) is 0 Å². The molecule has 1 atom stereocenters. The predicted octanol–water partition coefficient (Wildman–Crippen LogP) is 3.04. The number of rotatable bonds is 3. The molecule has 0 aliphatic carbocycles. The molecule has 106 valence electrons. The number of hydrogen-bond donors (Lipinski definition) is 1. The smallest absolute Gasteiger partial charge is 0.256 e. The van der Waals surface area contributed by atoms with Crippen LogP contribution < -0.4 is 9.64 Å². The number of para-hydroxylation sites is 1. The van der Waals surface area contributed by atoms with Gasteiger partial charge in [0.1, 0.15) is 0 Å². The van der Waals surface area contributed by atoms with Gasteiger partial charge in [0.2, 0.25) is 0 Å². The highest BCUT2D eigenvalue weighted by Gasteiger charge is 2.42. The minimum absolute atomic E-state index is 0.0511. The molecule has 2 aromatic rings. The molecule has 0 saturated carbocycles. The highest BCUT2D eigenvalue weighted by Crippen LogP contribution is 2.43. The molecule has 1 fully saturated rings. The normalized spacial score (nSPS) is 17.6. The van der Waals surface area contributed by atoms with Crippen molar-refractivity contribution in [1.82, 2.24) is 0 Å². The van der Waals surface area contributed by atoms with E-state index in [-0.39, 0.29) is 17.7 Å². The minimum Gasteiger partial charge on any atom is -0.504 e. The van der Waals surface area contributed by atoms with E-state index in [1.165, 1.54) is 7.11 Å². The summed E-state index contributed by atoms with van der Waals surface area (Å²) in [7, 11) is 1.50.